The predicted octanol–water partition coefficient (Wildman–Crippen LogP) is 1.64. The van der Waals surface area contributed by atoms with E-state index in [2.05, 4.69) is 35.6 Å². The second-order valence-electron chi connectivity index (χ2n) is 4.13. The van der Waals surface area contributed by atoms with Gasteiger partial charge in [0.1, 0.15) is 12.1 Å². The lowest BCUT2D eigenvalue weighted by Crippen LogP contribution is -2.34. The number of anilines is 1. The fraction of sp³-hybridized carbons (Fsp3) is 0.667. The van der Waals surface area contributed by atoms with Gasteiger partial charge in [0.05, 0.1) is 6.61 Å². The molecule has 0 aliphatic rings. The first-order valence-corrected chi connectivity index (χ1v) is 5.87. The van der Waals surface area contributed by atoms with Crippen molar-refractivity contribution in [3.05, 3.63) is 18.1 Å². The van der Waals surface area contributed by atoms with Gasteiger partial charge in [0.15, 0.2) is 0 Å². The van der Waals surface area contributed by atoms with E-state index in [-0.39, 0.29) is 6.61 Å². The number of aryl methyl sites for hydroxylation is 1. The second kappa shape index (κ2) is 6.43. The summed E-state index contributed by atoms with van der Waals surface area (Å²) in [5, 5.41) is 9.03. The Bertz CT molecular complexity index is 315. The summed E-state index contributed by atoms with van der Waals surface area (Å²) in [5.41, 5.74) is 1.07. The van der Waals surface area contributed by atoms with Gasteiger partial charge in [-0.3, -0.25) is 0 Å². The molecule has 1 N–H and O–H groups in total. The molecule has 4 nitrogen and oxygen atoms in total. The Kier molecular flexibility index (Phi) is 5.19. The molecule has 0 unspecified atom stereocenters. The van der Waals surface area contributed by atoms with Crippen molar-refractivity contribution in [2.24, 2.45) is 0 Å². The van der Waals surface area contributed by atoms with Crippen LogP contribution in [0.2, 0.25) is 0 Å². The van der Waals surface area contributed by atoms with Gasteiger partial charge in [-0.15, -0.1) is 0 Å². The van der Waals surface area contributed by atoms with Crippen LogP contribution in [0, 0.1) is 0 Å². The number of hydrogen-bond acceptors (Lipinski definition) is 4. The van der Waals surface area contributed by atoms with Crippen molar-refractivity contribution in [1.82, 2.24) is 9.97 Å². The molecule has 1 heterocycles. The van der Waals surface area contributed by atoms with Gasteiger partial charge in [-0.05, 0) is 20.3 Å². The van der Waals surface area contributed by atoms with Gasteiger partial charge in [0, 0.05) is 24.3 Å². The lowest BCUT2D eigenvalue weighted by Gasteiger charge is -2.27. The maximum Gasteiger partial charge on any atom is 0.132 e. The van der Waals surface area contributed by atoms with Crippen LogP contribution in [0.3, 0.4) is 0 Å². The molecule has 0 amide bonds. The number of aromatic nitrogens is 2. The molecule has 0 bridgehead atoms. The van der Waals surface area contributed by atoms with Crippen molar-refractivity contribution >= 4 is 5.82 Å². The first kappa shape index (κ1) is 12.9. The fourth-order valence-electron chi connectivity index (χ4n) is 1.68. The fourth-order valence-corrected chi connectivity index (χ4v) is 1.68. The minimum atomic E-state index is 0.144. The number of nitrogens with zero attached hydrogens (tertiary/aromatic N) is 3. The minimum Gasteiger partial charge on any atom is -0.395 e. The normalized spacial score (nSPS) is 10.8. The third-order valence-corrected chi connectivity index (χ3v) is 2.47. The van der Waals surface area contributed by atoms with E-state index in [1.54, 1.807) is 6.33 Å². The average Bonchev–Trinajstić information content (AvgIpc) is 2.26. The van der Waals surface area contributed by atoms with E-state index in [1.807, 2.05) is 6.07 Å². The van der Waals surface area contributed by atoms with Crippen molar-refractivity contribution in [3.8, 4) is 0 Å². The molecule has 0 aliphatic carbocycles. The van der Waals surface area contributed by atoms with Crippen LogP contribution in [-0.2, 0) is 6.42 Å². The van der Waals surface area contributed by atoms with Gasteiger partial charge in [0.25, 0.3) is 0 Å². The summed E-state index contributed by atoms with van der Waals surface area (Å²) in [7, 11) is 0. The summed E-state index contributed by atoms with van der Waals surface area (Å²) < 4.78 is 0. The highest BCUT2D eigenvalue weighted by molar-refractivity contribution is 5.39. The Hall–Kier alpha value is -1.16. The van der Waals surface area contributed by atoms with E-state index in [0.717, 1.165) is 24.4 Å². The first-order valence-electron chi connectivity index (χ1n) is 5.87. The summed E-state index contributed by atoms with van der Waals surface area (Å²) in [5.74, 6) is 0.905. The molecule has 16 heavy (non-hydrogen) atoms. The Morgan fingerprint density at radius 1 is 1.38 bits per heavy atom. The molecule has 0 spiro atoms. The largest absolute Gasteiger partial charge is 0.395 e. The van der Waals surface area contributed by atoms with Crippen LogP contribution in [0.4, 0.5) is 5.82 Å². The molecule has 4 heteroatoms. The van der Waals surface area contributed by atoms with Gasteiger partial charge in [-0.25, -0.2) is 9.97 Å². The molecular formula is C12H21N3O. The Morgan fingerprint density at radius 3 is 2.69 bits per heavy atom. The number of hydrogen-bond donors (Lipinski definition) is 1. The van der Waals surface area contributed by atoms with E-state index >= 15 is 0 Å². The van der Waals surface area contributed by atoms with E-state index in [1.165, 1.54) is 0 Å². The SMILES string of the molecule is CCCc1cc(N(CCO)C(C)C)ncn1. The van der Waals surface area contributed by atoms with Crippen molar-refractivity contribution < 1.29 is 5.11 Å². The van der Waals surface area contributed by atoms with Gasteiger partial charge < -0.3 is 10.0 Å². The summed E-state index contributed by atoms with van der Waals surface area (Å²) in [6.07, 6.45) is 3.66. The van der Waals surface area contributed by atoms with Crippen LogP contribution >= 0.6 is 0 Å². The molecule has 0 aromatic carbocycles. The Morgan fingerprint density at radius 2 is 2.12 bits per heavy atom. The zero-order chi connectivity index (χ0) is 12.0. The van der Waals surface area contributed by atoms with E-state index in [9.17, 15) is 0 Å². The van der Waals surface area contributed by atoms with Gasteiger partial charge in [0.2, 0.25) is 0 Å². The summed E-state index contributed by atoms with van der Waals surface area (Å²) in [6.45, 7) is 7.08. The topological polar surface area (TPSA) is 49.2 Å². The molecule has 1 aromatic heterocycles. The summed E-state index contributed by atoms with van der Waals surface area (Å²) in [6, 6.07) is 2.34. The average molecular weight is 223 g/mol. The maximum atomic E-state index is 9.03. The highest BCUT2D eigenvalue weighted by Gasteiger charge is 2.11. The number of rotatable bonds is 6. The zero-order valence-electron chi connectivity index (χ0n) is 10.3. The highest BCUT2D eigenvalue weighted by Crippen LogP contribution is 2.14. The highest BCUT2D eigenvalue weighted by atomic mass is 16.3. The third kappa shape index (κ3) is 3.45. The summed E-state index contributed by atoms with van der Waals surface area (Å²) >= 11 is 0. The Balaban J connectivity index is 2.86. The summed E-state index contributed by atoms with van der Waals surface area (Å²) in [4.78, 5) is 10.6. The third-order valence-electron chi connectivity index (χ3n) is 2.47. The van der Waals surface area contributed by atoms with E-state index in [4.69, 9.17) is 5.11 Å². The van der Waals surface area contributed by atoms with Gasteiger partial charge in [-0.1, -0.05) is 13.3 Å². The molecule has 0 fully saturated rings. The molecule has 1 aromatic rings. The molecule has 1 rings (SSSR count). The van der Waals surface area contributed by atoms with Crippen LogP contribution in [0.1, 0.15) is 32.9 Å². The van der Waals surface area contributed by atoms with E-state index in [0.29, 0.717) is 12.6 Å². The lowest BCUT2D eigenvalue weighted by atomic mass is 10.2. The molecule has 0 saturated carbocycles. The number of aliphatic hydroxyl groups excluding tert-OH is 1. The molecule has 0 saturated heterocycles. The molecular weight excluding hydrogens is 202 g/mol. The van der Waals surface area contributed by atoms with Crippen LogP contribution in [-0.4, -0.2) is 34.3 Å². The van der Waals surface area contributed by atoms with Gasteiger partial charge in [-0.2, -0.15) is 0 Å². The van der Waals surface area contributed by atoms with Crippen LogP contribution in [0.15, 0.2) is 12.4 Å². The second-order valence-corrected chi connectivity index (χ2v) is 4.13. The van der Waals surface area contributed by atoms with Crippen LogP contribution in [0.25, 0.3) is 0 Å². The standard InChI is InChI=1S/C12H21N3O/c1-4-5-11-8-12(14-9-13-11)15(6-7-16)10(2)3/h8-10,16H,4-7H2,1-3H3. The number of aliphatic hydroxyl groups is 1. The van der Waals surface area contributed by atoms with Crippen LogP contribution < -0.4 is 4.90 Å². The lowest BCUT2D eigenvalue weighted by molar-refractivity contribution is 0.298. The van der Waals surface area contributed by atoms with Crippen molar-refractivity contribution in [3.63, 3.8) is 0 Å². The maximum absolute atomic E-state index is 9.03. The molecule has 0 radical (unpaired) electrons. The minimum absolute atomic E-state index is 0.144. The van der Waals surface area contributed by atoms with Crippen LogP contribution in [0.5, 0.6) is 0 Å². The Labute approximate surface area is 97.3 Å². The van der Waals surface area contributed by atoms with Crippen molar-refractivity contribution in [2.45, 2.75) is 39.7 Å². The first-order chi connectivity index (χ1) is 7.69. The van der Waals surface area contributed by atoms with Gasteiger partial charge >= 0.3 is 0 Å². The smallest absolute Gasteiger partial charge is 0.132 e. The predicted molar refractivity (Wildman–Crippen MR) is 65.6 cm³/mol. The molecule has 90 valence electrons. The van der Waals surface area contributed by atoms with Crippen molar-refractivity contribution in [1.29, 1.82) is 0 Å². The van der Waals surface area contributed by atoms with Crippen molar-refractivity contribution in [2.75, 3.05) is 18.1 Å². The quantitative estimate of drug-likeness (QED) is 0.796. The molecule has 0 aliphatic heterocycles. The zero-order valence-corrected chi connectivity index (χ0v) is 10.3. The van der Waals surface area contributed by atoms with E-state index < -0.39 is 0 Å². The monoisotopic (exact) mass is 223 g/mol. The molecule has 0 atom stereocenters.